The van der Waals surface area contributed by atoms with Gasteiger partial charge in [0.05, 0.1) is 0 Å². The Bertz CT molecular complexity index is 460. The van der Waals surface area contributed by atoms with Gasteiger partial charge in [-0.15, -0.1) is 23.1 Å². The van der Waals surface area contributed by atoms with Crippen LogP contribution in [0.3, 0.4) is 0 Å². The van der Waals surface area contributed by atoms with Gasteiger partial charge in [-0.2, -0.15) is 0 Å². The molecular formula is C14H20N2OS2. The van der Waals surface area contributed by atoms with E-state index in [-0.39, 0.29) is 11.2 Å². The molecule has 1 aromatic heterocycles. The first-order chi connectivity index (χ1) is 9.29. The third-order valence-corrected chi connectivity index (χ3v) is 6.44. The molecule has 1 aliphatic heterocycles. The molecule has 104 valence electrons. The highest BCUT2D eigenvalue weighted by Crippen LogP contribution is 2.39. The van der Waals surface area contributed by atoms with Crippen LogP contribution in [0.15, 0.2) is 11.4 Å². The van der Waals surface area contributed by atoms with Gasteiger partial charge in [0.15, 0.2) is 0 Å². The predicted octanol–water partition coefficient (Wildman–Crippen LogP) is 2.32. The van der Waals surface area contributed by atoms with Crippen LogP contribution in [-0.4, -0.2) is 24.2 Å². The third-order valence-electron chi connectivity index (χ3n) is 4.20. The quantitative estimate of drug-likeness (QED) is 0.900. The Morgan fingerprint density at radius 2 is 2.37 bits per heavy atom. The lowest BCUT2D eigenvalue weighted by molar-refractivity contribution is -0.121. The smallest absolute Gasteiger partial charge is 0.237 e. The van der Waals surface area contributed by atoms with Gasteiger partial charge in [-0.25, -0.2) is 0 Å². The van der Waals surface area contributed by atoms with Crippen LogP contribution in [0.1, 0.15) is 35.0 Å². The van der Waals surface area contributed by atoms with Crippen molar-refractivity contribution in [3.8, 4) is 0 Å². The van der Waals surface area contributed by atoms with Crippen LogP contribution in [0.2, 0.25) is 0 Å². The minimum Gasteiger partial charge on any atom is -0.352 e. The number of thiophene rings is 1. The number of hydrogen-bond acceptors (Lipinski definition) is 4. The third kappa shape index (κ3) is 2.69. The van der Waals surface area contributed by atoms with Crippen molar-refractivity contribution in [3.63, 3.8) is 0 Å². The molecule has 1 amide bonds. The van der Waals surface area contributed by atoms with E-state index in [0.29, 0.717) is 18.5 Å². The van der Waals surface area contributed by atoms with Gasteiger partial charge < -0.3 is 11.1 Å². The van der Waals surface area contributed by atoms with Crippen molar-refractivity contribution in [2.24, 2.45) is 11.7 Å². The fourth-order valence-electron chi connectivity index (χ4n) is 3.13. The highest BCUT2D eigenvalue weighted by molar-refractivity contribution is 8.00. The van der Waals surface area contributed by atoms with Gasteiger partial charge in [0.1, 0.15) is 5.25 Å². The number of nitrogens with two attached hydrogens (primary N) is 1. The number of fused-ring (bicyclic) bond motifs is 1. The minimum atomic E-state index is -0.00553. The molecule has 0 radical (unpaired) electrons. The van der Waals surface area contributed by atoms with Crippen LogP contribution in [0.25, 0.3) is 0 Å². The number of hydrogen-bond donors (Lipinski definition) is 2. The SMILES string of the molecule is NCC1CCCC1NC(=O)C1SCCc2sccc21. The number of aryl methyl sites for hydroxylation is 1. The molecule has 19 heavy (non-hydrogen) atoms. The Balaban J connectivity index is 1.69. The molecule has 1 saturated carbocycles. The van der Waals surface area contributed by atoms with E-state index in [1.54, 1.807) is 23.1 Å². The second-order valence-corrected chi connectivity index (χ2v) is 7.56. The lowest BCUT2D eigenvalue weighted by atomic mass is 10.0. The summed E-state index contributed by atoms with van der Waals surface area (Å²) < 4.78 is 0. The van der Waals surface area contributed by atoms with Crippen LogP contribution >= 0.6 is 23.1 Å². The summed E-state index contributed by atoms with van der Waals surface area (Å²) in [6.07, 6.45) is 4.54. The molecule has 0 aromatic carbocycles. The maximum Gasteiger partial charge on any atom is 0.237 e. The Kier molecular flexibility index (Phi) is 4.15. The van der Waals surface area contributed by atoms with Crippen LogP contribution in [0.4, 0.5) is 0 Å². The number of amides is 1. The molecular weight excluding hydrogens is 276 g/mol. The highest BCUT2D eigenvalue weighted by Gasteiger charge is 2.32. The molecule has 3 N–H and O–H groups in total. The minimum absolute atomic E-state index is 0.00553. The first kappa shape index (κ1) is 13.5. The van der Waals surface area contributed by atoms with Gasteiger partial charge in [0.25, 0.3) is 0 Å². The van der Waals surface area contributed by atoms with Crippen molar-refractivity contribution in [1.29, 1.82) is 0 Å². The van der Waals surface area contributed by atoms with Gasteiger partial charge in [0.2, 0.25) is 5.91 Å². The molecule has 0 spiro atoms. The van der Waals surface area contributed by atoms with Crippen LogP contribution in [0, 0.1) is 5.92 Å². The molecule has 2 aliphatic rings. The predicted molar refractivity (Wildman–Crippen MR) is 81.5 cm³/mol. The summed E-state index contributed by atoms with van der Waals surface area (Å²) >= 11 is 3.56. The Hall–Kier alpha value is -0.520. The summed E-state index contributed by atoms with van der Waals surface area (Å²) in [6.45, 7) is 0.687. The van der Waals surface area contributed by atoms with Crippen molar-refractivity contribution < 1.29 is 4.79 Å². The first-order valence-corrected chi connectivity index (χ1v) is 8.90. The van der Waals surface area contributed by atoms with Crippen molar-refractivity contribution in [1.82, 2.24) is 5.32 Å². The van der Waals surface area contributed by atoms with Gasteiger partial charge in [0, 0.05) is 10.9 Å². The zero-order valence-corrected chi connectivity index (χ0v) is 12.6. The van der Waals surface area contributed by atoms with Gasteiger partial charge in [-0.1, -0.05) is 6.42 Å². The van der Waals surface area contributed by atoms with E-state index in [9.17, 15) is 4.79 Å². The maximum atomic E-state index is 12.5. The molecule has 3 rings (SSSR count). The Labute approximate surface area is 122 Å². The molecule has 3 unspecified atom stereocenters. The first-order valence-electron chi connectivity index (χ1n) is 6.98. The lowest BCUT2D eigenvalue weighted by Gasteiger charge is -2.25. The van der Waals surface area contributed by atoms with Crippen LogP contribution in [-0.2, 0) is 11.2 Å². The monoisotopic (exact) mass is 296 g/mol. The Morgan fingerprint density at radius 1 is 1.47 bits per heavy atom. The molecule has 3 atom stereocenters. The molecule has 3 nitrogen and oxygen atoms in total. The number of rotatable bonds is 3. The van der Waals surface area contributed by atoms with Gasteiger partial charge in [-0.05, 0) is 54.5 Å². The summed E-state index contributed by atoms with van der Waals surface area (Å²) in [5, 5.41) is 5.35. The molecule has 5 heteroatoms. The summed E-state index contributed by atoms with van der Waals surface area (Å²) in [6, 6.07) is 2.41. The van der Waals surface area contributed by atoms with E-state index in [0.717, 1.165) is 25.0 Å². The second-order valence-electron chi connectivity index (χ2n) is 5.34. The van der Waals surface area contributed by atoms with Gasteiger partial charge >= 0.3 is 0 Å². The molecule has 0 saturated heterocycles. The van der Waals surface area contributed by atoms with E-state index in [2.05, 4.69) is 16.8 Å². The molecule has 1 aliphatic carbocycles. The summed E-state index contributed by atoms with van der Waals surface area (Å²) in [7, 11) is 0. The average molecular weight is 296 g/mol. The summed E-state index contributed by atoms with van der Waals surface area (Å²) in [4.78, 5) is 13.9. The van der Waals surface area contributed by atoms with Crippen molar-refractivity contribution in [3.05, 3.63) is 21.9 Å². The zero-order chi connectivity index (χ0) is 13.2. The van der Waals surface area contributed by atoms with Crippen molar-refractivity contribution >= 4 is 29.0 Å². The zero-order valence-electron chi connectivity index (χ0n) is 10.9. The van der Waals surface area contributed by atoms with Crippen molar-refractivity contribution in [2.45, 2.75) is 37.0 Å². The van der Waals surface area contributed by atoms with Crippen LogP contribution in [0.5, 0.6) is 0 Å². The van der Waals surface area contributed by atoms with Gasteiger partial charge in [-0.3, -0.25) is 4.79 Å². The van der Waals surface area contributed by atoms with Crippen LogP contribution < -0.4 is 11.1 Å². The van der Waals surface area contributed by atoms with E-state index in [1.807, 2.05) is 0 Å². The van der Waals surface area contributed by atoms with Crippen molar-refractivity contribution in [2.75, 3.05) is 12.3 Å². The lowest BCUT2D eigenvalue weighted by Crippen LogP contribution is -2.42. The number of thioether (sulfide) groups is 1. The Morgan fingerprint density at radius 3 is 3.21 bits per heavy atom. The fourth-order valence-corrected chi connectivity index (χ4v) is 5.43. The topological polar surface area (TPSA) is 55.1 Å². The fraction of sp³-hybridized carbons (Fsp3) is 0.643. The highest BCUT2D eigenvalue weighted by atomic mass is 32.2. The molecule has 1 aromatic rings. The maximum absolute atomic E-state index is 12.5. The number of carbonyl (C=O) groups is 1. The second kappa shape index (κ2) is 5.85. The molecule has 2 heterocycles. The van der Waals surface area contributed by atoms with E-state index < -0.39 is 0 Å². The molecule has 1 fully saturated rings. The summed E-state index contributed by atoms with van der Waals surface area (Å²) in [5.41, 5.74) is 7.02. The average Bonchev–Trinajstić information content (AvgIpc) is 3.05. The normalized spacial score (nSPS) is 30.1. The molecule has 0 bridgehead atoms. The van der Waals surface area contributed by atoms with E-state index in [1.165, 1.54) is 16.9 Å². The van der Waals surface area contributed by atoms with E-state index >= 15 is 0 Å². The number of nitrogens with one attached hydrogen (secondary N) is 1. The standard InChI is InChI=1S/C14H20N2OS2/c15-8-9-2-1-3-11(9)16-14(17)13-10-4-6-18-12(10)5-7-19-13/h4,6,9,11,13H,1-3,5,7-8,15H2,(H,16,17). The largest absolute Gasteiger partial charge is 0.352 e. The van der Waals surface area contributed by atoms with E-state index in [4.69, 9.17) is 5.73 Å². The number of carbonyl (C=O) groups excluding carboxylic acids is 1. The summed E-state index contributed by atoms with van der Waals surface area (Å²) in [5.74, 6) is 1.71.